The zero-order valence-corrected chi connectivity index (χ0v) is 16.1. The van der Waals surface area contributed by atoms with Crippen LogP contribution in [-0.2, 0) is 11.3 Å². The minimum atomic E-state index is -0.191. The minimum Gasteiger partial charge on any atom is -0.348 e. The molecule has 0 atom stereocenters. The third kappa shape index (κ3) is 3.91. The van der Waals surface area contributed by atoms with Gasteiger partial charge in [0.15, 0.2) is 0 Å². The Balaban J connectivity index is 1.46. The van der Waals surface area contributed by atoms with E-state index in [2.05, 4.69) is 20.6 Å². The molecular weight excluding hydrogens is 374 g/mol. The highest BCUT2D eigenvalue weighted by Crippen LogP contribution is 2.31. The molecule has 0 aliphatic carbocycles. The van der Waals surface area contributed by atoms with E-state index in [0.29, 0.717) is 24.2 Å². The number of fused-ring (bicyclic) bond motifs is 1. The smallest absolute Gasteiger partial charge is 0.251 e. The molecule has 0 fully saturated rings. The third-order valence-electron chi connectivity index (χ3n) is 4.44. The number of hydrogen-bond acceptors (Lipinski definition) is 5. The molecular formula is C20H19N5O2S. The lowest BCUT2D eigenvalue weighted by molar-refractivity contribution is -0.115. The maximum atomic E-state index is 12.6. The second kappa shape index (κ2) is 7.85. The zero-order valence-electron chi connectivity index (χ0n) is 15.3. The Morgan fingerprint density at radius 2 is 2.14 bits per heavy atom. The topological polar surface area (TPSA) is 88.9 Å². The lowest BCUT2D eigenvalue weighted by atomic mass is 10.1. The first kappa shape index (κ1) is 18.2. The highest BCUT2D eigenvalue weighted by molar-refractivity contribution is 7.99. The van der Waals surface area contributed by atoms with Crippen LogP contribution in [0, 0.1) is 6.92 Å². The number of benzene rings is 1. The predicted octanol–water partition coefficient (Wildman–Crippen LogP) is 2.94. The molecule has 0 saturated carbocycles. The van der Waals surface area contributed by atoms with Crippen LogP contribution in [-0.4, -0.2) is 32.1 Å². The van der Waals surface area contributed by atoms with Crippen molar-refractivity contribution in [3.05, 3.63) is 65.9 Å². The standard InChI is InChI=1S/C20H19N5O2S/c1-13-21-7-8-25(13)18-10-14(4-6-22-18)12-23-20(27)15-2-3-17-16(11-15)24-19(26)5-9-28-17/h2-4,6-8,10-11H,5,9,12H2,1H3,(H,23,27)(H,24,26). The van der Waals surface area contributed by atoms with Gasteiger partial charge in [0.1, 0.15) is 11.6 Å². The Hall–Kier alpha value is -3.13. The average Bonchev–Trinajstić information content (AvgIpc) is 3.03. The van der Waals surface area contributed by atoms with Crippen LogP contribution in [0.1, 0.15) is 28.2 Å². The van der Waals surface area contributed by atoms with Crippen molar-refractivity contribution in [2.24, 2.45) is 0 Å². The van der Waals surface area contributed by atoms with Crippen LogP contribution in [0.25, 0.3) is 5.82 Å². The molecule has 0 bridgehead atoms. The van der Waals surface area contributed by atoms with E-state index in [1.807, 2.05) is 35.9 Å². The first-order valence-electron chi connectivity index (χ1n) is 8.90. The molecule has 0 saturated heterocycles. The fourth-order valence-electron chi connectivity index (χ4n) is 2.97. The van der Waals surface area contributed by atoms with E-state index in [1.54, 1.807) is 36.3 Å². The number of thioether (sulfide) groups is 1. The first-order chi connectivity index (χ1) is 13.6. The number of hydrogen-bond donors (Lipinski definition) is 2. The Morgan fingerprint density at radius 1 is 1.25 bits per heavy atom. The van der Waals surface area contributed by atoms with Crippen molar-refractivity contribution in [2.45, 2.75) is 24.8 Å². The monoisotopic (exact) mass is 393 g/mol. The van der Waals surface area contributed by atoms with Crippen molar-refractivity contribution >= 4 is 29.3 Å². The van der Waals surface area contributed by atoms with Crippen LogP contribution in [0.2, 0.25) is 0 Å². The lowest BCUT2D eigenvalue weighted by Crippen LogP contribution is -2.23. The fraction of sp³-hybridized carbons (Fsp3) is 0.200. The molecule has 142 valence electrons. The van der Waals surface area contributed by atoms with E-state index in [4.69, 9.17) is 0 Å². The molecule has 4 rings (SSSR count). The number of carbonyl (C=O) groups excluding carboxylic acids is 2. The van der Waals surface area contributed by atoms with Crippen LogP contribution < -0.4 is 10.6 Å². The maximum absolute atomic E-state index is 12.6. The molecule has 1 aliphatic heterocycles. The number of carbonyl (C=O) groups is 2. The number of nitrogens with zero attached hydrogens (tertiary/aromatic N) is 3. The van der Waals surface area contributed by atoms with Crippen molar-refractivity contribution in [3.63, 3.8) is 0 Å². The van der Waals surface area contributed by atoms with E-state index in [-0.39, 0.29) is 11.8 Å². The van der Waals surface area contributed by atoms with Crippen molar-refractivity contribution in [1.29, 1.82) is 0 Å². The van der Waals surface area contributed by atoms with Crippen LogP contribution in [0.4, 0.5) is 5.69 Å². The molecule has 7 nitrogen and oxygen atoms in total. The highest BCUT2D eigenvalue weighted by atomic mass is 32.2. The molecule has 3 aromatic rings. The number of amides is 2. The van der Waals surface area contributed by atoms with Gasteiger partial charge < -0.3 is 10.6 Å². The van der Waals surface area contributed by atoms with E-state index in [1.165, 1.54) is 0 Å². The predicted molar refractivity (Wildman–Crippen MR) is 108 cm³/mol. The Kier molecular flexibility index (Phi) is 5.12. The summed E-state index contributed by atoms with van der Waals surface area (Å²) >= 11 is 1.62. The summed E-state index contributed by atoms with van der Waals surface area (Å²) in [7, 11) is 0. The number of anilines is 1. The summed E-state index contributed by atoms with van der Waals surface area (Å²) in [5, 5.41) is 5.79. The number of aryl methyl sites for hydroxylation is 1. The molecule has 0 unspecified atom stereocenters. The van der Waals surface area contributed by atoms with Gasteiger partial charge >= 0.3 is 0 Å². The van der Waals surface area contributed by atoms with Crippen molar-refractivity contribution in [1.82, 2.24) is 19.9 Å². The summed E-state index contributed by atoms with van der Waals surface area (Å²) in [4.78, 5) is 33.9. The number of aromatic nitrogens is 3. The fourth-order valence-corrected chi connectivity index (χ4v) is 3.91. The van der Waals surface area contributed by atoms with Gasteiger partial charge in [0.25, 0.3) is 5.91 Å². The molecule has 3 heterocycles. The molecule has 2 N–H and O–H groups in total. The molecule has 1 aliphatic rings. The van der Waals surface area contributed by atoms with Crippen LogP contribution in [0.5, 0.6) is 0 Å². The second-order valence-corrected chi connectivity index (χ2v) is 7.54. The van der Waals surface area contributed by atoms with Gasteiger partial charge in [0.2, 0.25) is 5.91 Å². The van der Waals surface area contributed by atoms with E-state index >= 15 is 0 Å². The minimum absolute atomic E-state index is 0.0251. The van der Waals surface area contributed by atoms with E-state index in [9.17, 15) is 9.59 Å². The van der Waals surface area contributed by atoms with Gasteiger partial charge in [-0.05, 0) is 42.8 Å². The summed E-state index contributed by atoms with van der Waals surface area (Å²) in [6.45, 7) is 2.28. The Morgan fingerprint density at radius 3 is 2.96 bits per heavy atom. The van der Waals surface area contributed by atoms with Crippen molar-refractivity contribution in [2.75, 3.05) is 11.1 Å². The highest BCUT2D eigenvalue weighted by Gasteiger charge is 2.16. The molecule has 8 heteroatoms. The molecule has 2 aromatic heterocycles. The van der Waals surface area contributed by atoms with Gasteiger partial charge in [-0.1, -0.05) is 0 Å². The first-order valence-corrected chi connectivity index (χ1v) is 9.89. The van der Waals surface area contributed by atoms with Crippen LogP contribution in [0.3, 0.4) is 0 Å². The maximum Gasteiger partial charge on any atom is 0.251 e. The van der Waals surface area contributed by atoms with Crippen LogP contribution in [0.15, 0.2) is 53.8 Å². The largest absolute Gasteiger partial charge is 0.348 e. The number of imidazole rings is 1. The zero-order chi connectivity index (χ0) is 19.5. The van der Waals surface area contributed by atoms with Crippen molar-refractivity contribution in [3.8, 4) is 5.82 Å². The molecule has 0 radical (unpaired) electrons. The quantitative estimate of drug-likeness (QED) is 0.711. The lowest BCUT2D eigenvalue weighted by Gasteiger charge is -2.10. The van der Waals surface area contributed by atoms with Crippen LogP contribution >= 0.6 is 11.8 Å². The summed E-state index contributed by atoms with van der Waals surface area (Å²) in [6, 6.07) is 9.18. The van der Waals surface area contributed by atoms with Gasteiger partial charge in [-0.25, -0.2) is 9.97 Å². The Labute approximate surface area is 166 Å². The SMILES string of the molecule is Cc1nccn1-c1cc(CNC(=O)c2ccc3c(c2)NC(=O)CCS3)ccn1. The third-order valence-corrected chi connectivity index (χ3v) is 5.51. The average molecular weight is 393 g/mol. The normalized spacial score (nSPS) is 13.4. The number of nitrogens with one attached hydrogen (secondary N) is 2. The summed E-state index contributed by atoms with van der Waals surface area (Å²) in [5.74, 6) is 2.13. The van der Waals surface area contributed by atoms with Gasteiger partial charge in [-0.3, -0.25) is 14.2 Å². The summed E-state index contributed by atoms with van der Waals surface area (Å²) in [5.41, 5.74) is 2.15. The van der Waals surface area contributed by atoms with Gasteiger partial charge in [-0.2, -0.15) is 0 Å². The van der Waals surface area contributed by atoms with Crippen molar-refractivity contribution < 1.29 is 9.59 Å². The Bertz CT molecular complexity index is 1050. The summed E-state index contributed by atoms with van der Waals surface area (Å²) in [6.07, 6.45) is 5.76. The molecule has 1 aromatic carbocycles. The molecule has 28 heavy (non-hydrogen) atoms. The summed E-state index contributed by atoms with van der Waals surface area (Å²) < 4.78 is 1.89. The molecule has 0 spiro atoms. The van der Waals surface area contributed by atoms with Gasteiger partial charge in [0, 0.05) is 47.8 Å². The number of pyridine rings is 1. The second-order valence-electron chi connectivity index (χ2n) is 6.41. The van der Waals surface area contributed by atoms with Gasteiger partial charge in [0.05, 0.1) is 5.69 Å². The van der Waals surface area contributed by atoms with E-state index < -0.39 is 0 Å². The molecule has 2 amide bonds. The number of rotatable bonds is 4. The van der Waals surface area contributed by atoms with E-state index in [0.717, 1.165) is 27.9 Å². The van der Waals surface area contributed by atoms with Gasteiger partial charge in [-0.15, -0.1) is 11.8 Å².